The van der Waals surface area contributed by atoms with Gasteiger partial charge in [0.05, 0.1) is 16.3 Å². The molecule has 5 rings (SSSR count). The van der Waals surface area contributed by atoms with E-state index in [2.05, 4.69) is 90.1 Å². The molecule has 0 saturated heterocycles. The molecule has 0 spiro atoms. The Balaban J connectivity index is 1.96. The van der Waals surface area contributed by atoms with Gasteiger partial charge in [-0.15, -0.1) is 23.5 Å². The number of hydrogen-bond acceptors (Lipinski definition) is 8. The first-order chi connectivity index (χ1) is 25.5. The van der Waals surface area contributed by atoms with Crippen LogP contribution in [-0.2, 0) is 32.1 Å². The lowest BCUT2D eigenvalue weighted by Crippen LogP contribution is -2.18. The summed E-state index contributed by atoms with van der Waals surface area (Å²) < 4.78 is 0. The smallest absolute Gasteiger partial charge is 0.0614 e. The zero-order chi connectivity index (χ0) is 38.4. The number of rotatable bonds is 15. The highest BCUT2D eigenvalue weighted by molar-refractivity contribution is 8.00. The highest BCUT2D eigenvalue weighted by atomic mass is 32.2. The monoisotopic (exact) mass is 746 g/mol. The molecule has 0 radical (unpaired) electrons. The minimum Gasteiger partial charge on any atom is -0.399 e. The standard InChI is InChI=1S/C45H58N6S2/c1-7-26-21-32(22-27(8-2)40(26)48)38(33-23-28(9-3)41(49)29(10-4)24-33)39-37(42(50)45(53-12-6)43(51)44(39)52-11-5)25-36(30-13-17-34(46)18-14-30)31-15-19-35(47)20-16-31/h13-24,36,38H,7-12,25,46-51H2,1-6H3. The molecule has 8 heteroatoms. The molecule has 5 aromatic carbocycles. The van der Waals surface area contributed by atoms with E-state index in [4.69, 9.17) is 34.4 Å². The lowest BCUT2D eigenvalue weighted by Gasteiger charge is -2.32. The van der Waals surface area contributed by atoms with Crippen LogP contribution in [0, 0.1) is 0 Å². The Morgan fingerprint density at radius 3 is 1.19 bits per heavy atom. The van der Waals surface area contributed by atoms with Gasteiger partial charge >= 0.3 is 0 Å². The summed E-state index contributed by atoms with van der Waals surface area (Å²) in [5.74, 6) is 1.48. The third kappa shape index (κ3) is 8.24. The predicted molar refractivity (Wildman–Crippen MR) is 235 cm³/mol. The van der Waals surface area contributed by atoms with Crippen LogP contribution in [0.25, 0.3) is 0 Å². The van der Waals surface area contributed by atoms with Crippen LogP contribution in [-0.4, -0.2) is 11.5 Å². The Kier molecular flexibility index (Phi) is 13.2. The topological polar surface area (TPSA) is 156 Å². The molecule has 0 amide bonds. The van der Waals surface area contributed by atoms with Crippen molar-refractivity contribution in [3.63, 3.8) is 0 Å². The summed E-state index contributed by atoms with van der Waals surface area (Å²) in [5, 5.41) is 0. The molecule has 0 fully saturated rings. The van der Waals surface area contributed by atoms with Gasteiger partial charge < -0.3 is 34.4 Å². The summed E-state index contributed by atoms with van der Waals surface area (Å²) in [7, 11) is 0. The zero-order valence-corrected chi connectivity index (χ0v) is 33.9. The lowest BCUT2D eigenvalue weighted by atomic mass is 9.76. The molecule has 0 atom stereocenters. The SMILES string of the molecule is CCSc1c(N)c(CC(c2ccc(N)cc2)c2ccc(N)cc2)c(C(c2cc(CC)c(N)c(CC)c2)c2cc(CC)c(N)c(CC)c2)c(SCC)c1N. The first kappa shape index (κ1) is 39.8. The van der Waals surface area contributed by atoms with Crippen molar-refractivity contribution in [3.8, 4) is 0 Å². The number of hydrogen-bond donors (Lipinski definition) is 6. The van der Waals surface area contributed by atoms with Crippen molar-refractivity contribution in [2.45, 2.75) is 95.3 Å². The Labute approximate surface area is 325 Å². The molecule has 0 aliphatic rings. The second-order valence-corrected chi connectivity index (χ2v) is 16.2. The van der Waals surface area contributed by atoms with E-state index in [1.54, 1.807) is 23.5 Å². The number of nitrogen functional groups attached to an aromatic ring is 6. The fourth-order valence-corrected chi connectivity index (χ4v) is 9.50. The maximum Gasteiger partial charge on any atom is 0.0614 e. The van der Waals surface area contributed by atoms with Crippen molar-refractivity contribution >= 4 is 57.6 Å². The van der Waals surface area contributed by atoms with Crippen molar-refractivity contribution in [1.29, 1.82) is 0 Å². The van der Waals surface area contributed by atoms with Crippen molar-refractivity contribution in [1.82, 2.24) is 0 Å². The van der Waals surface area contributed by atoms with Gasteiger partial charge in [0.25, 0.3) is 0 Å². The molecule has 0 unspecified atom stereocenters. The first-order valence-electron chi connectivity index (χ1n) is 19.0. The van der Waals surface area contributed by atoms with Crippen LogP contribution in [0.4, 0.5) is 34.1 Å². The second-order valence-electron chi connectivity index (χ2n) is 13.7. The van der Waals surface area contributed by atoms with Crippen molar-refractivity contribution in [2.75, 3.05) is 45.9 Å². The normalized spacial score (nSPS) is 11.5. The summed E-state index contributed by atoms with van der Waals surface area (Å²) in [6, 6.07) is 25.7. The molecule has 0 aromatic heterocycles. The Bertz CT molecular complexity index is 1880. The van der Waals surface area contributed by atoms with E-state index in [9.17, 15) is 0 Å². The minimum atomic E-state index is -0.185. The van der Waals surface area contributed by atoms with Crippen LogP contribution in [0.3, 0.4) is 0 Å². The van der Waals surface area contributed by atoms with E-state index in [1.165, 1.54) is 11.1 Å². The number of thioether (sulfide) groups is 2. The lowest BCUT2D eigenvalue weighted by molar-refractivity contribution is 0.780. The average molecular weight is 747 g/mol. The highest BCUT2D eigenvalue weighted by Crippen LogP contribution is 2.51. The van der Waals surface area contributed by atoms with Crippen molar-refractivity contribution in [3.05, 3.63) is 128 Å². The van der Waals surface area contributed by atoms with Gasteiger partial charge in [-0.2, -0.15) is 0 Å². The fraction of sp³-hybridized carbons (Fsp3) is 0.333. The molecule has 0 aliphatic heterocycles. The van der Waals surface area contributed by atoms with Crippen LogP contribution in [0.1, 0.15) is 109 Å². The molecule has 0 saturated carbocycles. The van der Waals surface area contributed by atoms with Crippen LogP contribution < -0.4 is 34.4 Å². The molecule has 0 heterocycles. The first-order valence-corrected chi connectivity index (χ1v) is 21.0. The van der Waals surface area contributed by atoms with Gasteiger partial charge in [0.1, 0.15) is 0 Å². The highest BCUT2D eigenvalue weighted by Gasteiger charge is 2.32. The number of benzene rings is 5. The average Bonchev–Trinajstić information content (AvgIpc) is 3.16. The van der Waals surface area contributed by atoms with Gasteiger partial charge in [-0.3, -0.25) is 0 Å². The molecule has 280 valence electrons. The molecule has 0 bridgehead atoms. The number of anilines is 6. The largest absolute Gasteiger partial charge is 0.399 e. The molecule has 5 aromatic rings. The molecule has 6 nitrogen and oxygen atoms in total. The van der Waals surface area contributed by atoms with Gasteiger partial charge in [-0.05, 0) is 124 Å². The van der Waals surface area contributed by atoms with Gasteiger partial charge in [-0.25, -0.2) is 0 Å². The summed E-state index contributed by atoms with van der Waals surface area (Å²) in [6.45, 7) is 13.1. The van der Waals surface area contributed by atoms with E-state index in [1.807, 2.05) is 24.3 Å². The zero-order valence-electron chi connectivity index (χ0n) is 32.3. The van der Waals surface area contributed by atoms with E-state index in [0.717, 1.165) is 126 Å². The third-order valence-corrected chi connectivity index (χ3v) is 12.6. The van der Waals surface area contributed by atoms with Crippen LogP contribution in [0.5, 0.6) is 0 Å². The predicted octanol–water partition coefficient (Wildman–Crippen LogP) is 10.2. The second kappa shape index (κ2) is 17.6. The van der Waals surface area contributed by atoms with Gasteiger partial charge in [0.15, 0.2) is 0 Å². The van der Waals surface area contributed by atoms with Gasteiger partial charge in [0.2, 0.25) is 0 Å². The Hall–Kier alpha value is -4.40. The van der Waals surface area contributed by atoms with Crippen LogP contribution in [0.15, 0.2) is 82.6 Å². The Morgan fingerprint density at radius 2 is 0.830 bits per heavy atom. The summed E-state index contributed by atoms with van der Waals surface area (Å²) in [6.07, 6.45) is 3.97. The summed E-state index contributed by atoms with van der Waals surface area (Å²) in [4.78, 5) is 2.04. The molecule has 12 N–H and O–H groups in total. The molecular formula is C45H58N6S2. The van der Waals surface area contributed by atoms with E-state index < -0.39 is 0 Å². The van der Waals surface area contributed by atoms with E-state index in [-0.39, 0.29) is 11.8 Å². The Morgan fingerprint density at radius 1 is 0.453 bits per heavy atom. The quantitative estimate of drug-likeness (QED) is 0.0351. The molecular weight excluding hydrogens is 689 g/mol. The van der Waals surface area contributed by atoms with Gasteiger partial charge in [0, 0.05) is 39.5 Å². The minimum absolute atomic E-state index is 0.0341. The maximum atomic E-state index is 7.47. The molecule has 53 heavy (non-hydrogen) atoms. The number of aryl methyl sites for hydroxylation is 4. The summed E-state index contributed by atoms with van der Waals surface area (Å²) in [5.41, 5.74) is 57.1. The number of nitrogens with two attached hydrogens (primary N) is 6. The van der Waals surface area contributed by atoms with Gasteiger partial charge in [-0.1, -0.05) is 90.1 Å². The fourth-order valence-electron chi connectivity index (χ4n) is 7.67. The van der Waals surface area contributed by atoms with Crippen molar-refractivity contribution in [2.24, 2.45) is 0 Å². The summed E-state index contributed by atoms with van der Waals surface area (Å²) >= 11 is 3.52. The molecule has 0 aliphatic carbocycles. The van der Waals surface area contributed by atoms with E-state index >= 15 is 0 Å². The van der Waals surface area contributed by atoms with E-state index in [0.29, 0.717) is 6.42 Å². The third-order valence-electron chi connectivity index (χ3n) is 10.5. The van der Waals surface area contributed by atoms with Crippen molar-refractivity contribution < 1.29 is 0 Å². The van der Waals surface area contributed by atoms with Crippen LogP contribution in [0.2, 0.25) is 0 Å². The van der Waals surface area contributed by atoms with Crippen LogP contribution >= 0.6 is 23.5 Å². The maximum absolute atomic E-state index is 7.47.